The molecule has 0 radical (unpaired) electrons. The van der Waals surface area contributed by atoms with Crippen molar-refractivity contribution >= 4 is 30.7 Å². The summed E-state index contributed by atoms with van der Waals surface area (Å²) >= 11 is 0. The minimum atomic E-state index is -0.273. The Morgan fingerprint density at radius 3 is 2.32 bits per heavy atom. The summed E-state index contributed by atoms with van der Waals surface area (Å²) in [4.78, 5) is 16.8. The van der Waals surface area contributed by atoms with Crippen LogP contribution >= 0.6 is 24.8 Å². The van der Waals surface area contributed by atoms with E-state index in [1.165, 1.54) is 6.42 Å². The van der Waals surface area contributed by atoms with Crippen LogP contribution in [0.15, 0.2) is 0 Å². The van der Waals surface area contributed by atoms with Gasteiger partial charge in [0.05, 0.1) is 6.61 Å². The third-order valence-electron chi connectivity index (χ3n) is 4.07. The first-order valence-corrected chi connectivity index (χ1v) is 7.79. The van der Waals surface area contributed by atoms with Gasteiger partial charge in [-0.3, -0.25) is 9.69 Å². The van der Waals surface area contributed by atoms with Crippen LogP contribution in [0.4, 0.5) is 0 Å². The molecule has 0 saturated carbocycles. The molecule has 0 aromatic heterocycles. The van der Waals surface area contributed by atoms with Gasteiger partial charge in [-0.2, -0.15) is 0 Å². The van der Waals surface area contributed by atoms with E-state index in [0.29, 0.717) is 18.6 Å². The molecule has 5 nitrogen and oxygen atoms in total. The van der Waals surface area contributed by atoms with Crippen molar-refractivity contribution in [2.75, 3.05) is 52.4 Å². The van der Waals surface area contributed by atoms with E-state index in [1.54, 1.807) is 0 Å². The normalized spacial score (nSPS) is 23.4. The monoisotopic (exact) mass is 355 g/mol. The average molecular weight is 356 g/mol. The molecule has 2 rings (SSSR count). The van der Waals surface area contributed by atoms with Gasteiger partial charge in [0.15, 0.2) is 0 Å². The summed E-state index contributed by atoms with van der Waals surface area (Å²) in [6.45, 7) is 13.8. The largest absolute Gasteiger partial charge is 0.366 e. The molecule has 1 unspecified atom stereocenters. The molecule has 2 aliphatic rings. The van der Waals surface area contributed by atoms with Crippen LogP contribution in [0.25, 0.3) is 0 Å². The van der Waals surface area contributed by atoms with Crippen molar-refractivity contribution in [1.29, 1.82) is 0 Å². The van der Waals surface area contributed by atoms with E-state index < -0.39 is 0 Å². The SMILES string of the molecule is CC(C)(C)CCN1CCN(C(=O)C2CNCCO2)CC1.Cl.Cl. The zero-order chi connectivity index (χ0) is 14.6. The summed E-state index contributed by atoms with van der Waals surface area (Å²) in [6.07, 6.45) is 0.932. The number of amides is 1. The van der Waals surface area contributed by atoms with E-state index >= 15 is 0 Å². The molecule has 1 N–H and O–H groups in total. The standard InChI is InChI=1S/C15H29N3O2.2ClH/c1-15(2,3)4-6-17-7-9-18(10-8-17)14(19)13-12-16-5-11-20-13;;/h13,16H,4-12H2,1-3H3;2*1H. The third kappa shape index (κ3) is 7.01. The molecule has 2 aliphatic heterocycles. The molecule has 0 spiro atoms. The quantitative estimate of drug-likeness (QED) is 0.830. The summed E-state index contributed by atoms with van der Waals surface area (Å²) in [5.74, 6) is 0.160. The average Bonchev–Trinajstić information content (AvgIpc) is 2.45. The lowest BCUT2D eigenvalue weighted by Crippen LogP contribution is -2.55. The molecule has 0 aliphatic carbocycles. The molecule has 0 aromatic rings. The zero-order valence-electron chi connectivity index (χ0n) is 14.0. The van der Waals surface area contributed by atoms with E-state index in [1.807, 2.05) is 4.90 Å². The van der Waals surface area contributed by atoms with Gasteiger partial charge in [-0.05, 0) is 18.4 Å². The van der Waals surface area contributed by atoms with Crippen LogP contribution in [0, 0.1) is 5.41 Å². The molecule has 0 aromatic carbocycles. The zero-order valence-corrected chi connectivity index (χ0v) is 15.6. The maximum atomic E-state index is 12.3. The number of hydrogen-bond acceptors (Lipinski definition) is 4. The van der Waals surface area contributed by atoms with Crippen molar-refractivity contribution in [2.45, 2.75) is 33.3 Å². The lowest BCUT2D eigenvalue weighted by atomic mass is 9.92. The number of ether oxygens (including phenoxy) is 1. The van der Waals surface area contributed by atoms with Crippen molar-refractivity contribution in [3.05, 3.63) is 0 Å². The molecule has 1 amide bonds. The Balaban J connectivity index is 0.00000220. The fraction of sp³-hybridized carbons (Fsp3) is 0.933. The second kappa shape index (κ2) is 9.93. The van der Waals surface area contributed by atoms with E-state index in [2.05, 4.69) is 31.0 Å². The molecule has 7 heteroatoms. The first-order valence-electron chi connectivity index (χ1n) is 7.79. The molecular weight excluding hydrogens is 325 g/mol. The van der Waals surface area contributed by atoms with Gasteiger partial charge in [0.25, 0.3) is 5.91 Å². The third-order valence-corrected chi connectivity index (χ3v) is 4.07. The molecule has 22 heavy (non-hydrogen) atoms. The van der Waals surface area contributed by atoms with Crippen LogP contribution in [0.2, 0.25) is 0 Å². The Bertz CT molecular complexity index is 323. The summed E-state index contributed by atoms with van der Waals surface area (Å²) < 4.78 is 5.54. The molecule has 132 valence electrons. The van der Waals surface area contributed by atoms with Crippen molar-refractivity contribution in [3.63, 3.8) is 0 Å². The fourth-order valence-corrected chi connectivity index (χ4v) is 2.61. The van der Waals surface area contributed by atoms with Gasteiger partial charge >= 0.3 is 0 Å². The molecule has 2 heterocycles. The minimum Gasteiger partial charge on any atom is -0.366 e. The van der Waals surface area contributed by atoms with Gasteiger partial charge in [-0.15, -0.1) is 24.8 Å². The number of carbonyl (C=O) groups excluding carboxylic acids is 1. The molecule has 2 fully saturated rings. The lowest BCUT2D eigenvalue weighted by Gasteiger charge is -2.37. The van der Waals surface area contributed by atoms with Gasteiger partial charge in [-0.1, -0.05) is 20.8 Å². The van der Waals surface area contributed by atoms with E-state index in [0.717, 1.165) is 39.3 Å². The Morgan fingerprint density at radius 2 is 1.82 bits per heavy atom. The molecule has 2 saturated heterocycles. The predicted molar refractivity (Wildman–Crippen MR) is 94.2 cm³/mol. The summed E-state index contributed by atoms with van der Waals surface area (Å²) in [7, 11) is 0. The second-order valence-electron chi connectivity index (χ2n) is 7.04. The minimum absolute atomic E-state index is 0. The van der Waals surface area contributed by atoms with Crippen LogP contribution in [0.3, 0.4) is 0 Å². The second-order valence-corrected chi connectivity index (χ2v) is 7.04. The number of morpholine rings is 1. The van der Waals surface area contributed by atoms with E-state index in [-0.39, 0.29) is 36.8 Å². The van der Waals surface area contributed by atoms with Gasteiger partial charge < -0.3 is 15.0 Å². The van der Waals surface area contributed by atoms with Crippen molar-refractivity contribution in [3.8, 4) is 0 Å². The lowest BCUT2D eigenvalue weighted by molar-refractivity contribution is -0.147. The number of carbonyl (C=O) groups is 1. The van der Waals surface area contributed by atoms with Gasteiger partial charge in [-0.25, -0.2) is 0 Å². The summed E-state index contributed by atoms with van der Waals surface area (Å²) in [5, 5.41) is 3.22. The van der Waals surface area contributed by atoms with E-state index in [9.17, 15) is 4.79 Å². The van der Waals surface area contributed by atoms with Crippen LogP contribution < -0.4 is 5.32 Å². The topological polar surface area (TPSA) is 44.8 Å². The molecular formula is C15H31Cl2N3O2. The summed E-state index contributed by atoms with van der Waals surface area (Å²) in [6, 6.07) is 0. The first kappa shape index (κ1) is 21.9. The van der Waals surface area contributed by atoms with Crippen LogP contribution in [0.1, 0.15) is 27.2 Å². The van der Waals surface area contributed by atoms with Crippen molar-refractivity contribution in [2.24, 2.45) is 5.41 Å². The Hall–Kier alpha value is -0.0700. The van der Waals surface area contributed by atoms with Gasteiger partial charge in [0.2, 0.25) is 0 Å². The number of nitrogens with zero attached hydrogens (tertiary/aromatic N) is 2. The van der Waals surface area contributed by atoms with Gasteiger partial charge in [0.1, 0.15) is 6.10 Å². The van der Waals surface area contributed by atoms with Crippen LogP contribution in [0.5, 0.6) is 0 Å². The fourth-order valence-electron chi connectivity index (χ4n) is 2.61. The van der Waals surface area contributed by atoms with Crippen LogP contribution in [-0.2, 0) is 9.53 Å². The number of piperazine rings is 1. The predicted octanol–water partition coefficient (Wildman–Crippen LogP) is 1.40. The van der Waals surface area contributed by atoms with Crippen LogP contribution in [-0.4, -0.2) is 74.2 Å². The van der Waals surface area contributed by atoms with Crippen molar-refractivity contribution in [1.82, 2.24) is 15.1 Å². The van der Waals surface area contributed by atoms with E-state index in [4.69, 9.17) is 4.74 Å². The Labute approximate surface area is 146 Å². The Kier molecular flexibility index (Phi) is 9.90. The van der Waals surface area contributed by atoms with Crippen molar-refractivity contribution < 1.29 is 9.53 Å². The number of hydrogen-bond donors (Lipinski definition) is 1. The summed E-state index contributed by atoms with van der Waals surface area (Å²) in [5.41, 5.74) is 0.383. The smallest absolute Gasteiger partial charge is 0.253 e. The highest BCUT2D eigenvalue weighted by atomic mass is 35.5. The number of nitrogens with one attached hydrogen (secondary N) is 1. The molecule has 0 bridgehead atoms. The maximum absolute atomic E-state index is 12.3. The number of halogens is 2. The highest BCUT2D eigenvalue weighted by Gasteiger charge is 2.29. The number of rotatable bonds is 3. The maximum Gasteiger partial charge on any atom is 0.253 e. The highest BCUT2D eigenvalue weighted by Crippen LogP contribution is 2.19. The molecule has 1 atom stereocenters. The Morgan fingerprint density at radius 1 is 1.18 bits per heavy atom. The first-order chi connectivity index (χ1) is 9.46. The van der Waals surface area contributed by atoms with Gasteiger partial charge in [0, 0.05) is 39.3 Å². The highest BCUT2D eigenvalue weighted by molar-refractivity contribution is 5.85.